The number of aromatic hydroxyl groups is 1. The molecule has 1 aromatic heterocycles. The van der Waals surface area contributed by atoms with E-state index in [0.717, 1.165) is 11.1 Å². The van der Waals surface area contributed by atoms with Gasteiger partial charge in [-0.05, 0) is 51.0 Å². The van der Waals surface area contributed by atoms with Crippen LogP contribution in [0.4, 0.5) is 0 Å². The molecule has 128 valence electrons. The van der Waals surface area contributed by atoms with Crippen LogP contribution in [0.5, 0.6) is 5.88 Å². The Labute approximate surface area is 146 Å². The fourth-order valence-electron chi connectivity index (χ4n) is 2.71. The number of nitrogens with zero attached hydrogens (tertiary/aromatic N) is 3. The van der Waals surface area contributed by atoms with Gasteiger partial charge in [0.25, 0.3) is 5.56 Å². The first-order valence-electron chi connectivity index (χ1n) is 8.07. The largest absolute Gasteiger partial charge is 0.494 e. The van der Waals surface area contributed by atoms with Crippen LogP contribution in [0.25, 0.3) is 0 Å². The second kappa shape index (κ2) is 7.57. The summed E-state index contributed by atoms with van der Waals surface area (Å²) >= 11 is 5.28. The summed E-state index contributed by atoms with van der Waals surface area (Å²) in [6.45, 7) is 8.65. The lowest BCUT2D eigenvalue weighted by molar-refractivity contribution is 0.399. The molecular formula is C18H23N3O2S. The quantitative estimate of drug-likeness (QED) is 0.665. The predicted molar refractivity (Wildman–Crippen MR) is 99.7 cm³/mol. The normalized spacial score (nSPS) is 12.7. The summed E-state index contributed by atoms with van der Waals surface area (Å²) in [6.07, 6.45) is 1.46. The van der Waals surface area contributed by atoms with Crippen molar-refractivity contribution in [3.8, 4) is 5.88 Å². The number of hydrogen-bond donors (Lipinski definition) is 1. The summed E-state index contributed by atoms with van der Waals surface area (Å²) in [7, 11) is 0. The average Bonchev–Trinajstić information content (AvgIpc) is 2.55. The Balaban J connectivity index is 2.52. The van der Waals surface area contributed by atoms with Gasteiger partial charge in [0.2, 0.25) is 5.88 Å². The van der Waals surface area contributed by atoms with E-state index in [1.165, 1.54) is 10.8 Å². The molecule has 1 heterocycles. The van der Waals surface area contributed by atoms with Crippen molar-refractivity contribution in [2.75, 3.05) is 0 Å². The van der Waals surface area contributed by atoms with E-state index in [1.54, 1.807) is 4.57 Å². The van der Waals surface area contributed by atoms with E-state index in [2.05, 4.69) is 4.99 Å². The lowest BCUT2D eigenvalue weighted by Gasteiger charge is -2.14. The van der Waals surface area contributed by atoms with E-state index < -0.39 is 0 Å². The molecular weight excluding hydrogens is 322 g/mol. The second-order valence-corrected chi connectivity index (χ2v) is 5.99. The molecule has 0 spiro atoms. The molecule has 0 aliphatic heterocycles. The van der Waals surface area contributed by atoms with Crippen LogP contribution in [-0.4, -0.2) is 20.5 Å². The van der Waals surface area contributed by atoms with Crippen molar-refractivity contribution in [3.05, 3.63) is 56.1 Å². The molecule has 6 heteroatoms. The van der Waals surface area contributed by atoms with Crippen LogP contribution in [0.2, 0.25) is 0 Å². The fourth-order valence-corrected chi connectivity index (χ4v) is 3.14. The Bertz CT molecular complexity index is 881. The molecule has 0 saturated carbocycles. The molecule has 1 atom stereocenters. The van der Waals surface area contributed by atoms with E-state index in [1.807, 2.05) is 52.0 Å². The van der Waals surface area contributed by atoms with Gasteiger partial charge in [0.05, 0.1) is 6.04 Å². The molecule has 0 saturated heterocycles. The Morgan fingerprint density at radius 3 is 2.46 bits per heavy atom. The van der Waals surface area contributed by atoms with Crippen molar-refractivity contribution in [2.24, 2.45) is 4.99 Å². The predicted octanol–water partition coefficient (Wildman–Crippen LogP) is 3.61. The SMILES string of the molecule is CCn1c(O)c(C=NC(C)c2ccccc2C)c(=O)n(CC)c1=S. The standard InChI is InChI=1S/C18H23N3O2S/c1-5-20-16(22)15(17(23)21(6-2)18(20)24)11-19-13(4)14-10-8-7-9-12(14)3/h7-11,13,22H,5-6H2,1-4H3. The molecule has 1 unspecified atom stereocenters. The Morgan fingerprint density at radius 1 is 1.25 bits per heavy atom. The Morgan fingerprint density at radius 2 is 1.88 bits per heavy atom. The zero-order valence-electron chi connectivity index (χ0n) is 14.5. The van der Waals surface area contributed by atoms with Crippen molar-refractivity contribution >= 4 is 18.4 Å². The summed E-state index contributed by atoms with van der Waals surface area (Å²) in [4.78, 5) is 17.0. The topological polar surface area (TPSA) is 59.5 Å². The molecule has 0 bridgehead atoms. The number of aromatic nitrogens is 2. The summed E-state index contributed by atoms with van der Waals surface area (Å²) in [6, 6.07) is 7.87. The van der Waals surface area contributed by atoms with E-state index in [9.17, 15) is 9.90 Å². The van der Waals surface area contributed by atoms with Crippen molar-refractivity contribution in [3.63, 3.8) is 0 Å². The average molecular weight is 345 g/mol. The maximum Gasteiger partial charge on any atom is 0.267 e. The summed E-state index contributed by atoms with van der Waals surface area (Å²) < 4.78 is 3.34. The fraction of sp³-hybridized carbons (Fsp3) is 0.389. The smallest absolute Gasteiger partial charge is 0.267 e. The van der Waals surface area contributed by atoms with Crippen molar-refractivity contribution in [2.45, 2.75) is 46.8 Å². The monoisotopic (exact) mass is 345 g/mol. The highest BCUT2D eigenvalue weighted by Crippen LogP contribution is 2.21. The number of benzene rings is 1. The number of rotatable bonds is 5. The van der Waals surface area contributed by atoms with Crippen LogP contribution < -0.4 is 5.56 Å². The minimum atomic E-state index is -0.314. The van der Waals surface area contributed by atoms with Gasteiger partial charge in [-0.25, -0.2) is 0 Å². The van der Waals surface area contributed by atoms with Crippen molar-refractivity contribution < 1.29 is 5.11 Å². The van der Waals surface area contributed by atoms with Crippen LogP contribution >= 0.6 is 12.2 Å². The van der Waals surface area contributed by atoms with Gasteiger partial charge in [-0.1, -0.05) is 24.3 Å². The molecule has 2 aromatic rings. The molecule has 0 aliphatic carbocycles. The minimum Gasteiger partial charge on any atom is -0.494 e. The van der Waals surface area contributed by atoms with Gasteiger partial charge in [0.15, 0.2) is 4.77 Å². The second-order valence-electron chi connectivity index (χ2n) is 5.62. The van der Waals surface area contributed by atoms with Gasteiger partial charge < -0.3 is 5.11 Å². The molecule has 5 nitrogen and oxygen atoms in total. The Hall–Kier alpha value is -2.21. The number of aryl methyl sites for hydroxylation is 1. The van der Waals surface area contributed by atoms with E-state index in [-0.39, 0.29) is 23.0 Å². The third kappa shape index (κ3) is 3.33. The van der Waals surface area contributed by atoms with E-state index in [4.69, 9.17) is 12.2 Å². The molecule has 1 aromatic carbocycles. The minimum absolute atomic E-state index is 0.113. The highest BCUT2D eigenvalue weighted by molar-refractivity contribution is 7.71. The van der Waals surface area contributed by atoms with Crippen LogP contribution in [0.3, 0.4) is 0 Å². The molecule has 24 heavy (non-hydrogen) atoms. The first-order chi connectivity index (χ1) is 11.4. The summed E-state index contributed by atoms with van der Waals surface area (Å²) in [5.41, 5.74) is 2.09. The molecule has 0 aliphatic rings. The number of hydrogen-bond acceptors (Lipinski definition) is 4. The highest BCUT2D eigenvalue weighted by atomic mass is 32.1. The van der Waals surface area contributed by atoms with Gasteiger partial charge in [-0.3, -0.25) is 18.9 Å². The van der Waals surface area contributed by atoms with Crippen LogP contribution in [0.1, 0.15) is 43.5 Å². The van der Waals surface area contributed by atoms with E-state index >= 15 is 0 Å². The Kier molecular flexibility index (Phi) is 5.72. The van der Waals surface area contributed by atoms with Gasteiger partial charge in [-0.15, -0.1) is 0 Å². The first-order valence-corrected chi connectivity index (χ1v) is 8.48. The molecule has 0 fully saturated rings. The van der Waals surface area contributed by atoms with Gasteiger partial charge in [0.1, 0.15) is 5.56 Å². The summed E-state index contributed by atoms with van der Waals surface area (Å²) in [5, 5.41) is 10.4. The lowest BCUT2D eigenvalue weighted by Crippen LogP contribution is -2.28. The first kappa shape index (κ1) is 18.1. The molecule has 0 radical (unpaired) electrons. The van der Waals surface area contributed by atoms with Gasteiger partial charge >= 0.3 is 0 Å². The van der Waals surface area contributed by atoms with Crippen molar-refractivity contribution in [1.82, 2.24) is 9.13 Å². The molecule has 0 amide bonds. The zero-order valence-corrected chi connectivity index (χ0v) is 15.3. The van der Waals surface area contributed by atoms with Crippen LogP contribution in [0.15, 0.2) is 34.1 Å². The zero-order chi connectivity index (χ0) is 17.9. The third-order valence-electron chi connectivity index (χ3n) is 4.13. The molecule has 2 rings (SSSR count). The maximum absolute atomic E-state index is 12.6. The summed E-state index contributed by atoms with van der Waals surface area (Å²) in [5.74, 6) is -0.127. The lowest BCUT2D eigenvalue weighted by atomic mass is 10.0. The van der Waals surface area contributed by atoms with Crippen LogP contribution in [-0.2, 0) is 13.1 Å². The van der Waals surface area contributed by atoms with Crippen LogP contribution in [0, 0.1) is 11.7 Å². The van der Waals surface area contributed by atoms with E-state index in [0.29, 0.717) is 17.9 Å². The van der Waals surface area contributed by atoms with Gasteiger partial charge in [0, 0.05) is 19.3 Å². The third-order valence-corrected chi connectivity index (χ3v) is 4.57. The van der Waals surface area contributed by atoms with Gasteiger partial charge in [-0.2, -0.15) is 0 Å². The maximum atomic E-state index is 12.6. The number of aliphatic imine (C=N–C) groups is 1. The molecule has 1 N–H and O–H groups in total. The van der Waals surface area contributed by atoms with Crippen molar-refractivity contribution in [1.29, 1.82) is 0 Å². The highest BCUT2D eigenvalue weighted by Gasteiger charge is 2.14.